The molecule has 11 heteroatoms. The largest absolute Gasteiger partial charge is 0.394 e. The van der Waals surface area contributed by atoms with E-state index in [4.69, 9.17) is 18.9 Å². The lowest BCUT2D eigenvalue weighted by atomic mass is 9.97. The van der Waals surface area contributed by atoms with Crippen molar-refractivity contribution >= 4 is 0 Å². The van der Waals surface area contributed by atoms with Crippen LogP contribution in [0.1, 0.15) is 78.1 Å². The van der Waals surface area contributed by atoms with Gasteiger partial charge >= 0.3 is 0 Å². The highest BCUT2D eigenvalue weighted by Crippen LogP contribution is 2.30. The minimum atomic E-state index is -1.70. The van der Waals surface area contributed by atoms with Crippen molar-refractivity contribution in [1.29, 1.82) is 0 Å². The summed E-state index contributed by atoms with van der Waals surface area (Å²) in [7, 11) is 0. The number of hydrogen-bond donors (Lipinski definition) is 7. The Kier molecular flexibility index (Phi) is 14.6. The van der Waals surface area contributed by atoms with Crippen LogP contribution in [0.5, 0.6) is 0 Å². The molecule has 7 N–H and O–H groups in total. The molecule has 0 saturated carbocycles. The monoisotopic (exact) mass is 524 g/mol. The summed E-state index contributed by atoms with van der Waals surface area (Å²) < 4.78 is 22.6. The Morgan fingerprint density at radius 3 is 1.78 bits per heavy atom. The lowest BCUT2D eigenvalue weighted by Crippen LogP contribution is -2.64. The summed E-state index contributed by atoms with van der Waals surface area (Å²) in [5.41, 5.74) is 0. The van der Waals surface area contributed by atoms with Crippen LogP contribution in [-0.4, -0.2) is 116 Å². The molecule has 214 valence electrons. The Labute approximate surface area is 214 Å². The molecule has 0 aromatic rings. The van der Waals surface area contributed by atoms with Crippen molar-refractivity contribution in [1.82, 2.24) is 0 Å². The van der Waals surface area contributed by atoms with Crippen LogP contribution >= 0.6 is 0 Å². The molecule has 0 spiro atoms. The van der Waals surface area contributed by atoms with Crippen molar-refractivity contribution in [2.24, 2.45) is 0 Å². The van der Waals surface area contributed by atoms with Gasteiger partial charge in [0.2, 0.25) is 0 Å². The quantitative estimate of drug-likeness (QED) is 0.134. The van der Waals surface area contributed by atoms with Gasteiger partial charge in [0.25, 0.3) is 0 Å². The summed E-state index contributed by atoms with van der Waals surface area (Å²) in [5.74, 6) is 0. The van der Waals surface area contributed by atoms with Crippen LogP contribution < -0.4 is 0 Å². The number of unbranched alkanes of at least 4 members (excludes halogenated alkanes) is 7. The molecule has 0 bridgehead atoms. The molecular weight excluding hydrogens is 476 g/mol. The predicted octanol–water partition coefficient (Wildman–Crippen LogP) is -0.0635. The molecule has 0 radical (unpaired) electrons. The van der Waals surface area contributed by atoms with Gasteiger partial charge in [0.05, 0.1) is 19.3 Å². The average Bonchev–Trinajstić information content (AvgIpc) is 2.88. The normalized spacial score (nSPS) is 38.2. The van der Waals surface area contributed by atoms with Gasteiger partial charge in [-0.3, -0.25) is 0 Å². The van der Waals surface area contributed by atoms with Crippen molar-refractivity contribution in [3.63, 3.8) is 0 Å². The van der Waals surface area contributed by atoms with E-state index in [0.717, 1.165) is 19.3 Å². The molecule has 2 saturated heterocycles. The Morgan fingerprint density at radius 2 is 1.19 bits per heavy atom. The number of hydrogen-bond acceptors (Lipinski definition) is 11. The second-order valence-electron chi connectivity index (χ2n) is 9.93. The van der Waals surface area contributed by atoms with E-state index in [1.807, 2.05) is 6.92 Å². The third-order valence-corrected chi connectivity index (χ3v) is 7.12. The minimum Gasteiger partial charge on any atom is -0.394 e. The van der Waals surface area contributed by atoms with E-state index in [1.165, 1.54) is 38.5 Å². The zero-order valence-electron chi connectivity index (χ0n) is 21.6. The molecule has 2 fully saturated rings. The zero-order chi connectivity index (χ0) is 26.7. The first-order chi connectivity index (χ1) is 17.3. The minimum absolute atomic E-state index is 0.195. The molecule has 0 aliphatic carbocycles. The summed E-state index contributed by atoms with van der Waals surface area (Å²) >= 11 is 0. The van der Waals surface area contributed by atoms with E-state index in [-0.39, 0.29) is 6.10 Å². The fourth-order valence-corrected chi connectivity index (χ4v) is 4.73. The lowest BCUT2D eigenvalue weighted by Gasteiger charge is -2.46. The molecule has 11 atom stereocenters. The van der Waals surface area contributed by atoms with Crippen LogP contribution in [0, 0.1) is 0 Å². The Balaban J connectivity index is 1.88. The maximum Gasteiger partial charge on any atom is 0.187 e. The maximum absolute atomic E-state index is 10.7. The Morgan fingerprint density at radius 1 is 0.639 bits per heavy atom. The van der Waals surface area contributed by atoms with Gasteiger partial charge in [0, 0.05) is 0 Å². The first kappa shape index (κ1) is 31.8. The summed E-state index contributed by atoms with van der Waals surface area (Å²) in [4.78, 5) is 0. The molecular formula is C25H48O11. The van der Waals surface area contributed by atoms with Crippen LogP contribution in [0.25, 0.3) is 0 Å². The van der Waals surface area contributed by atoms with Crippen molar-refractivity contribution in [2.75, 3.05) is 13.2 Å². The molecule has 2 aliphatic rings. The van der Waals surface area contributed by atoms with Crippen LogP contribution in [-0.2, 0) is 18.9 Å². The third-order valence-electron chi connectivity index (χ3n) is 7.12. The smallest absolute Gasteiger partial charge is 0.187 e. The van der Waals surface area contributed by atoms with Gasteiger partial charge in [-0.05, 0) is 12.8 Å². The van der Waals surface area contributed by atoms with Crippen molar-refractivity contribution in [2.45, 2.75) is 146 Å². The molecule has 2 rings (SSSR count). The molecule has 11 unspecified atom stereocenters. The Bertz CT molecular complexity index is 578. The topological polar surface area (TPSA) is 179 Å². The van der Waals surface area contributed by atoms with E-state index in [2.05, 4.69) is 6.92 Å². The molecule has 0 aromatic heterocycles. The highest BCUT2D eigenvalue weighted by Gasteiger charge is 2.50. The van der Waals surface area contributed by atoms with Crippen LogP contribution in [0.15, 0.2) is 0 Å². The molecule has 2 aliphatic heterocycles. The van der Waals surface area contributed by atoms with Crippen LogP contribution in [0.4, 0.5) is 0 Å². The second kappa shape index (κ2) is 16.5. The number of aliphatic hydroxyl groups is 7. The lowest BCUT2D eigenvalue weighted by molar-refractivity contribution is -0.362. The van der Waals surface area contributed by atoms with E-state index >= 15 is 0 Å². The Hall–Kier alpha value is -0.440. The standard InChI is InChI=1S/C25H48O11/c1-3-5-6-7-8-9-10-11-12-15(4-2)33-24-22(32)20(30)23(17(14-27)35-24)36-25-21(31)19(29)18(28)16(13-26)34-25/h15-32H,3-14H2,1-2H3. The van der Waals surface area contributed by atoms with Crippen LogP contribution in [0.2, 0.25) is 0 Å². The van der Waals surface area contributed by atoms with Gasteiger partial charge in [-0.15, -0.1) is 0 Å². The predicted molar refractivity (Wildman–Crippen MR) is 129 cm³/mol. The summed E-state index contributed by atoms with van der Waals surface area (Å²) in [5, 5.41) is 70.8. The highest BCUT2D eigenvalue weighted by molar-refractivity contribution is 4.94. The van der Waals surface area contributed by atoms with Gasteiger partial charge in [0.15, 0.2) is 12.6 Å². The molecule has 36 heavy (non-hydrogen) atoms. The van der Waals surface area contributed by atoms with E-state index < -0.39 is 74.6 Å². The summed E-state index contributed by atoms with van der Waals surface area (Å²) in [6, 6.07) is 0. The van der Waals surface area contributed by atoms with Crippen molar-refractivity contribution < 1.29 is 54.7 Å². The van der Waals surface area contributed by atoms with Crippen LogP contribution in [0.3, 0.4) is 0 Å². The molecule has 2 heterocycles. The highest BCUT2D eigenvalue weighted by atomic mass is 16.7. The first-order valence-electron chi connectivity index (χ1n) is 13.5. The van der Waals surface area contributed by atoms with E-state index in [1.54, 1.807) is 0 Å². The summed E-state index contributed by atoms with van der Waals surface area (Å²) in [6.07, 6.45) is -3.60. The number of aliphatic hydroxyl groups excluding tert-OH is 7. The van der Waals surface area contributed by atoms with E-state index in [0.29, 0.717) is 6.42 Å². The van der Waals surface area contributed by atoms with Gasteiger partial charge in [0.1, 0.15) is 48.8 Å². The fraction of sp³-hybridized carbons (Fsp3) is 1.00. The molecule has 11 nitrogen and oxygen atoms in total. The zero-order valence-corrected chi connectivity index (χ0v) is 21.6. The SMILES string of the molecule is CCCCCCCCCCC(CC)OC1OC(CO)C(OC2OC(CO)C(O)C(O)C2O)C(O)C1O. The maximum atomic E-state index is 10.7. The molecule has 0 aromatic carbocycles. The average molecular weight is 525 g/mol. The van der Waals surface area contributed by atoms with Gasteiger partial charge in [-0.25, -0.2) is 0 Å². The van der Waals surface area contributed by atoms with E-state index in [9.17, 15) is 35.7 Å². The number of rotatable bonds is 16. The fourth-order valence-electron chi connectivity index (χ4n) is 4.73. The van der Waals surface area contributed by atoms with Gasteiger partial charge < -0.3 is 54.7 Å². The van der Waals surface area contributed by atoms with Gasteiger partial charge in [-0.1, -0.05) is 65.2 Å². The van der Waals surface area contributed by atoms with Crippen molar-refractivity contribution in [3.8, 4) is 0 Å². The van der Waals surface area contributed by atoms with Crippen molar-refractivity contribution in [3.05, 3.63) is 0 Å². The second-order valence-corrected chi connectivity index (χ2v) is 9.93. The molecule has 0 amide bonds. The summed E-state index contributed by atoms with van der Waals surface area (Å²) in [6.45, 7) is 2.94. The van der Waals surface area contributed by atoms with Gasteiger partial charge in [-0.2, -0.15) is 0 Å². The number of ether oxygens (including phenoxy) is 4. The third kappa shape index (κ3) is 8.81. The first-order valence-corrected chi connectivity index (χ1v) is 13.5.